The van der Waals surface area contributed by atoms with Crippen LogP contribution >= 0.6 is 15.9 Å². The number of benzene rings is 2. The van der Waals surface area contributed by atoms with Gasteiger partial charge in [0.15, 0.2) is 11.6 Å². The van der Waals surface area contributed by atoms with Crippen LogP contribution in [0.25, 0.3) is 0 Å². The van der Waals surface area contributed by atoms with Crippen LogP contribution in [0.15, 0.2) is 75.5 Å². The molecule has 2 aromatic rings. The Morgan fingerprint density at radius 2 is 1.73 bits per heavy atom. The van der Waals surface area contributed by atoms with E-state index in [2.05, 4.69) is 38.3 Å². The van der Waals surface area contributed by atoms with Crippen molar-refractivity contribution in [3.8, 4) is 0 Å². The quantitative estimate of drug-likeness (QED) is 0.734. The van der Waals surface area contributed by atoms with Gasteiger partial charge in [-0.1, -0.05) is 36.4 Å². The highest BCUT2D eigenvalue weighted by Crippen LogP contribution is 2.45. The number of halogens is 2. The minimum absolute atomic E-state index is 0.0105. The van der Waals surface area contributed by atoms with Crippen LogP contribution in [-0.2, 0) is 16.1 Å². The van der Waals surface area contributed by atoms with Crippen LogP contribution in [0.4, 0.5) is 4.39 Å². The molecule has 2 aromatic carbocycles. The first-order chi connectivity index (χ1) is 14.5. The molecule has 1 unspecified atom stereocenters. The van der Waals surface area contributed by atoms with Crippen molar-refractivity contribution in [1.82, 2.24) is 10.2 Å². The number of nitrogens with zero attached hydrogens (tertiary/aromatic N) is 1. The number of hydrogen-bond acceptors (Lipinski definition) is 4. The summed E-state index contributed by atoms with van der Waals surface area (Å²) < 4.78 is 14.2. The van der Waals surface area contributed by atoms with Crippen LogP contribution in [0.5, 0.6) is 0 Å². The first kappa shape index (κ1) is 19.4. The Hall–Kier alpha value is -2.57. The number of dihydropyridines is 1. The molecule has 5 rings (SSSR count). The molecule has 1 aliphatic carbocycles. The van der Waals surface area contributed by atoms with Crippen molar-refractivity contribution in [1.29, 1.82) is 0 Å². The van der Waals surface area contributed by atoms with E-state index in [1.807, 2.05) is 18.2 Å². The van der Waals surface area contributed by atoms with Gasteiger partial charge in [-0.2, -0.15) is 0 Å². The van der Waals surface area contributed by atoms with Gasteiger partial charge in [-0.25, -0.2) is 4.39 Å². The minimum atomic E-state index is -0.436. The van der Waals surface area contributed by atoms with Crippen LogP contribution in [-0.4, -0.2) is 29.6 Å². The normalized spacial score (nSPS) is 21.6. The molecule has 6 heteroatoms. The van der Waals surface area contributed by atoms with Gasteiger partial charge in [-0.05, 0) is 45.6 Å². The zero-order valence-corrected chi connectivity index (χ0v) is 17.8. The highest BCUT2D eigenvalue weighted by molar-refractivity contribution is 9.10. The fourth-order valence-electron chi connectivity index (χ4n) is 4.71. The van der Waals surface area contributed by atoms with Crippen molar-refractivity contribution in [2.75, 3.05) is 13.1 Å². The van der Waals surface area contributed by atoms with E-state index in [0.717, 1.165) is 22.5 Å². The molecule has 0 bridgehead atoms. The Kier molecular flexibility index (Phi) is 4.91. The first-order valence-electron chi connectivity index (χ1n) is 10.0. The number of carbonyl (C=O) groups excluding carboxylic acids is 2. The molecular weight excluding hydrogens is 447 g/mol. The van der Waals surface area contributed by atoms with Crippen molar-refractivity contribution in [3.63, 3.8) is 0 Å². The zero-order valence-electron chi connectivity index (χ0n) is 16.3. The molecule has 0 spiro atoms. The average molecular weight is 467 g/mol. The summed E-state index contributed by atoms with van der Waals surface area (Å²) in [5.74, 6) is -0.724. The summed E-state index contributed by atoms with van der Waals surface area (Å²) in [7, 11) is 0. The Morgan fingerprint density at radius 3 is 2.50 bits per heavy atom. The van der Waals surface area contributed by atoms with Crippen molar-refractivity contribution in [3.05, 3.63) is 92.5 Å². The lowest BCUT2D eigenvalue weighted by Crippen LogP contribution is -2.44. The van der Waals surface area contributed by atoms with Gasteiger partial charge >= 0.3 is 0 Å². The second kappa shape index (κ2) is 7.60. The van der Waals surface area contributed by atoms with Crippen molar-refractivity contribution in [2.24, 2.45) is 0 Å². The van der Waals surface area contributed by atoms with E-state index >= 15 is 0 Å². The SMILES string of the molecule is O=C1CCC2=C1C(c1ccc(F)c(Br)c1)C1=C(CN(Cc3ccccc3)CC1=O)N2. The van der Waals surface area contributed by atoms with Crippen LogP contribution in [0.2, 0.25) is 0 Å². The van der Waals surface area contributed by atoms with Gasteiger partial charge in [0.25, 0.3) is 0 Å². The van der Waals surface area contributed by atoms with Crippen molar-refractivity contribution < 1.29 is 14.0 Å². The predicted molar refractivity (Wildman–Crippen MR) is 115 cm³/mol. The summed E-state index contributed by atoms with van der Waals surface area (Å²) in [6.07, 6.45) is 1.09. The lowest BCUT2D eigenvalue weighted by molar-refractivity contribution is -0.117. The molecule has 0 aromatic heterocycles. The lowest BCUT2D eigenvalue weighted by Gasteiger charge is -2.37. The molecule has 2 aliphatic heterocycles. The summed E-state index contributed by atoms with van der Waals surface area (Å²) in [6.45, 7) is 1.59. The zero-order chi connectivity index (χ0) is 20.8. The molecule has 2 heterocycles. The van der Waals surface area contributed by atoms with E-state index in [-0.39, 0.29) is 17.4 Å². The van der Waals surface area contributed by atoms with Crippen molar-refractivity contribution >= 4 is 27.5 Å². The third-order valence-corrected chi connectivity index (χ3v) is 6.61. The van der Waals surface area contributed by atoms with Crippen LogP contribution in [0.3, 0.4) is 0 Å². The van der Waals surface area contributed by atoms with Gasteiger partial charge in [0.05, 0.1) is 11.0 Å². The monoisotopic (exact) mass is 466 g/mol. The maximum atomic E-state index is 13.9. The topological polar surface area (TPSA) is 49.4 Å². The fraction of sp³-hybridized carbons (Fsp3) is 0.250. The number of nitrogens with one attached hydrogen (secondary N) is 1. The summed E-state index contributed by atoms with van der Waals surface area (Å²) in [4.78, 5) is 28.1. The Bertz CT molecular complexity index is 1120. The highest BCUT2D eigenvalue weighted by atomic mass is 79.9. The van der Waals surface area contributed by atoms with Gasteiger partial charge in [0, 0.05) is 48.0 Å². The number of ketones is 2. The third-order valence-electron chi connectivity index (χ3n) is 6.01. The number of allylic oxidation sites excluding steroid dienone is 2. The number of Topliss-reactive ketones (excluding diaryl/α,β-unsaturated/α-hetero) is 2. The Labute approximate surface area is 182 Å². The molecule has 4 nitrogen and oxygen atoms in total. The Morgan fingerprint density at radius 1 is 0.967 bits per heavy atom. The molecule has 30 heavy (non-hydrogen) atoms. The summed E-state index contributed by atoms with van der Waals surface area (Å²) in [5.41, 5.74) is 4.99. The average Bonchev–Trinajstić information content (AvgIpc) is 3.10. The van der Waals surface area contributed by atoms with Crippen LogP contribution < -0.4 is 5.32 Å². The van der Waals surface area contributed by atoms with E-state index in [4.69, 9.17) is 0 Å². The summed E-state index contributed by atoms with van der Waals surface area (Å²) in [5, 5.41) is 3.41. The predicted octanol–water partition coefficient (Wildman–Crippen LogP) is 4.23. The van der Waals surface area contributed by atoms with Gasteiger partial charge in [0.1, 0.15) is 5.82 Å². The second-order valence-electron chi connectivity index (χ2n) is 7.99. The molecule has 3 aliphatic rings. The smallest absolute Gasteiger partial charge is 0.175 e. The maximum absolute atomic E-state index is 13.9. The Balaban J connectivity index is 1.54. The largest absolute Gasteiger partial charge is 0.360 e. The minimum Gasteiger partial charge on any atom is -0.360 e. The van der Waals surface area contributed by atoms with Crippen LogP contribution in [0, 0.1) is 5.82 Å². The molecule has 0 radical (unpaired) electrons. The van der Waals surface area contributed by atoms with Crippen molar-refractivity contribution in [2.45, 2.75) is 25.3 Å². The third kappa shape index (κ3) is 3.34. The van der Waals surface area contributed by atoms with E-state index in [9.17, 15) is 14.0 Å². The fourth-order valence-corrected chi connectivity index (χ4v) is 5.11. The van der Waals surface area contributed by atoms with Crippen LogP contribution in [0.1, 0.15) is 29.9 Å². The summed E-state index contributed by atoms with van der Waals surface area (Å²) in [6, 6.07) is 14.8. The van der Waals surface area contributed by atoms with E-state index in [1.165, 1.54) is 6.07 Å². The highest BCUT2D eigenvalue weighted by Gasteiger charge is 2.42. The number of rotatable bonds is 3. The van der Waals surface area contributed by atoms with E-state index < -0.39 is 5.92 Å². The first-order valence-corrected chi connectivity index (χ1v) is 10.8. The number of carbonyl (C=O) groups is 2. The molecule has 0 amide bonds. The molecule has 0 saturated carbocycles. The van der Waals surface area contributed by atoms with Gasteiger partial charge < -0.3 is 5.32 Å². The van der Waals surface area contributed by atoms with E-state index in [0.29, 0.717) is 48.1 Å². The molecule has 152 valence electrons. The summed E-state index contributed by atoms with van der Waals surface area (Å²) >= 11 is 3.25. The molecule has 0 fully saturated rings. The standard InChI is InChI=1S/C24H20BrFN2O2/c25-16-10-15(6-7-17(16)26)22-23-18(8-9-20(23)29)27-19-12-28(13-21(30)24(19)22)11-14-4-2-1-3-5-14/h1-7,10,22,27H,8-9,11-13H2. The molecule has 1 atom stereocenters. The van der Waals surface area contributed by atoms with Gasteiger partial charge in [0.2, 0.25) is 0 Å². The molecule has 1 N–H and O–H groups in total. The second-order valence-corrected chi connectivity index (χ2v) is 8.85. The van der Waals surface area contributed by atoms with E-state index in [1.54, 1.807) is 12.1 Å². The molecular formula is C24H20BrFN2O2. The lowest BCUT2D eigenvalue weighted by atomic mass is 9.77. The maximum Gasteiger partial charge on any atom is 0.175 e. The number of hydrogen-bond donors (Lipinski definition) is 1. The van der Waals surface area contributed by atoms with Gasteiger partial charge in [-0.15, -0.1) is 0 Å². The van der Waals surface area contributed by atoms with Gasteiger partial charge in [-0.3, -0.25) is 14.5 Å². The molecule has 0 saturated heterocycles.